The summed E-state index contributed by atoms with van der Waals surface area (Å²) in [5.74, 6) is 0.165. The second-order valence-electron chi connectivity index (χ2n) is 5.12. The molecule has 1 aromatic heterocycles. The van der Waals surface area contributed by atoms with Crippen LogP contribution >= 0.6 is 0 Å². The zero-order chi connectivity index (χ0) is 15.9. The van der Waals surface area contributed by atoms with Gasteiger partial charge in [-0.05, 0) is 36.2 Å². The second kappa shape index (κ2) is 7.31. The number of hydrazine groups is 1. The summed E-state index contributed by atoms with van der Waals surface area (Å²) >= 11 is 0. The molecule has 6 nitrogen and oxygen atoms in total. The molecule has 22 heavy (non-hydrogen) atoms. The molecule has 2 rings (SSSR count). The Morgan fingerprint density at radius 1 is 1.14 bits per heavy atom. The summed E-state index contributed by atoms with van der Waals surface area (Å²) in [6.45, 7) is 4.65. The molecular formula is C16H18N2O4. The topological polar surface area (TPSA) is 80.6 Å². The lowest BCUT2D eigenvalue weighted by Crippen LogP contribution is -2.41. The van der Waals surface area contributed by atoms with Crippen molar-refractivity contribution >= 4 is 11.8 Å². The van der Waals surface area contributed by atoms with Crippen LogP contribution in [0.2, 0.25) is 0 Å². The van der Waals surface area contributed by atoms with Gasteiger partial charge in [-0.3, -0.25) is 20.4 Å². The Morgan fingerprint density at radius 3 is 2.59 bits per heavy atom. The highest BCUT2D eigenvalue weighted by Crippen LogP contribution is 2.14. The molecule has 2 N–H and O–H groups in total. The summed E-state index contributed by atoms with van der Waals surface area (Å²) in [5.41, 5.74) is 4.99. The fourth-order valence-corrected chi connectivity index (χ4v) is 1.65. The third-order valence-electron chi connectivity index (χ3n) is 2.71. The molecule has 0 fully saturated rings. The van der Waals surface area contributed by atoms with Crippen molar-refractivity contribution in [3.8, 4) is 5.75 Å². The van der Waals surface area contributed by atoms with E-state index in [0.29, 0.717) is 23.8 Å². The van der Waals surface area contributed by atoms with Crippen LogP contribution in [0.5, 0.6) is 5.75 Å². The minimum absolute atomic E-state index is 0.120. The van der Waals surface area contributed by atoms with Gasteiger partial charge in [-0.1, -0.05) is 19.9 Å². The zero-order valence-electron chi connectivity index (χ0n) is 12.5. The number of benzene rings is 1. The maximum absolute atomic E-state index is 12.0. The minimum Gasteiger partial charge on any atom is -0.493 e. The predicted molar refractivity (Wildman–Crippen MR) is 80.4 cm³/mol. The smallest absolute Gasteiger partial charge is 0.305 e. The Bertz CT molecular complexity index is 635. The first-order valence-corrected chi connectivity index (χ1v) is 6.93. The SMILES string of the molecule is CC(C)COc1cccc(C(=O)NNC(=O)c2ccco2)c1. The van der Waals surface area contributed by atoms with Crippen LogP contribution in [-0.4, -0.2) is 18.4 Å². The van der Waals surface area contributed by atoms with E-state index in [1.165, 1.54) is 12.3 Å². The van der Waals surface area contributed by atoms with Crippen LogP contribution < -0.4 is 15.6 Å². The number of carbonyl (C=O) groups excluding carboxylic acids is 2. The first-order chi connectivity index (χ1) is 10.6. The van der Waals surface area contributed by atoms with Crippen LogP contribution in [0.4, 0.5) is 0 Å². The third-order valence-corrected chi connectivity index (χ3v) is 2.71. The lowest BCUT2D eigenvalue weighted by atomic mass is 10.2. The van der Waals surface area contributed by atoms with E-state index in [-0.39, 0.29) is 5.76 Å². The van der Waals surface area contributed by atoms with Gasteiger partial charge in [0, 0.05) is 5.56 Å². The lowest BCUT2D eigenvalue weighted by molar-refractivity contribution is 0.0830. The Balaban J connectivity index is 1.92. The van der Waals surface area contributed by atoms with Crippen LogP contribution in [0.25, 0.3) is 0 Å². The molecule has 1 heterocycles. The Kier molecular flexibility index (Phi) is 5.19. The minimum atomic E-state index is -0.523. The predicted octanol–water partition coefficient (Wildman–Crippen LogP) is 2.39. The molecule has 0 saturated heterocycles. The van der Waals surface area contributed by atoms with Gasteiger partial charge in [0.15, 0.2) is 5.76 Å². The summed E-state index contributed by atoms with van der Waals surface area (Å²) in [6.07, 6.45) is 1.38. The molecule has 0 aliphatic heterocycles. The molecule has 0 aliphatic carbocycles. The molecule has 0 atom stereocenters. The number of furan rings is 1. The van der Waals surface area contributed by atoms with Gasteiger partial charge in [0.1, 0.15) is 5.75 Å². The first kappa shape index (κ1) is 15.6. The Hall–Kier alpha value is -2.76. The van der Waals surface area contributed by atoms with Crippen LogP contribution in [0.1, 0.15) is 34.8 Å². The molecule has 2 amide bonds. The number of hydrogen-bond donors (Lipinski definition) is 2. The van der Waals surface area contributed by atoms with Crippen molar-refractivity contribution in [1.82, 2.24) is 10.9 Å². The summed E-state index contributed by atoms with van der Waals surface area (Å²) in [6, 6.07) is 9.85. The van der Waals surface area contributed by atoms with Gasteiger partial charge >= 0.3 is 5.91 Å². The summed E-state index contributed by atoms with van der Waals surface area (Å²) < 4.78 is 10.5. The van der Waals surface area contributed by atoms with Crippen molar-refractivity contribution in [2.24, 2.45) is 5.92 Å². The molecule has 1 aromatic carbocycles. The fraction of sp³-hybridized carbons (Fsp3) is 0.250. The van der Waals surface area contributed by atoms with E-state index in [9.17, 15) is 9.59 Å². The van der Waals surface area contributed by atoms with E-state index in [1.54, 1.807) is 30.3 Å². The van der Waals surface area contributed by atoms with Crippen molar-refractivity contribution < 1.29 is 18.7 Å². The fourth-order valence-electron chi connectivity index (χ4n) is 1.65. The standard InChI is InChI=1S/C16H18N2O4/c1-11(2)10-22-13-6-3-5-12(9-13)15(19)17-18-16(20)14-7-4-8-21-14/h3-9,11H,10H2,1-2H3,(H,17,19)(H,18,20). The molecule has 2 aromatic rings. The zero-order valence-corrected chi connectivity index (χ0v) is 12.5. The molecule has 0 saturated carbocycles. The van der Waals surface area contributed by atoms with E-state index in [1.807, 2.05) is 13.8 Å². The number of carbonyl (C=O) groups is 2. The molecular weight excluding hydrogens is 284 g/mol. The van der Waals surface area contributed by atoms with Crippen LogP contribution in [0.15, 0.2) is 47.1 Å². The molecule has 6 heteroatoms. The Morgan fingerprint density at radius 2 is 1.91 bits per heavy atom. The van der Waals surface area contributed by atoms with Gasteiger partial charge < -0.3 is 9.15 Å². The maximum Gasteiger partial charge on any atom is 0.305 e. The summed E-state index contributed by atoms with van der Waals surface area (Å²) in [7, 11) is 0. The quantitative estimate of drug-likeness (QED) is 0.831. The Labute approximate surface area is 128 Å². The normalized spacial score (nSPS) is 10.3. The number of amides is 2. The van der Waals surface area contributed by atoms with E-state index in [4.69, 9.17) is 9.15 Å². The van der Waals surface area contributed by atoms with Crippen molar-refractivity contribution in [1.29, 1.82) is 0 Å². The van der Waals surface area contributed by atoms with Crippen molar-refractivity contribution in [3.05, 3.63) is 54.0 Å². The van der Waals surface area contributed by atoms with E-state index >= 15 is 0 Å². The monoisotopic (exact) mass is 302 g/mol. The van der Waals surface area contributed by atoms with Gasteiger partial charge in [0.2, 0.25) is 0 Å². The third kappa shape index (κ3) is 4.37. The van der Waals surface area contributed by atoms with Gasteiger partial charge in [-0.2, -0.15) is 0 Å². The highest BCUT2D eigenvalue weighted by Gasteiger charge is 2.11. The summed E-state index contributed by atoms with van der Waals surface area (Å²) in [5, 5.41) is 0. The van der Waals surface area contributed by atoms with E-state index < -0.39 is 11.8 Å². The van der Waals surface area contributed by atoms with Crippen LogP contribution in [0, 0.1) is 5.92 Å². The molecule has 116 valence electrons. The van der Waals surface area contributed by atoms with Gasteiger partial charge in [-0.15, -0.1) is 0 Å². The first-order valence-electron chi connectivity index (χ1n) is 6.93. The van der Waals surface area contributed by atoms with Crippen LogP contribution in [-0.2, 0) is 0 Å². The van der Waals surface area contributed by atoms with Crippen molar-refractivity contribution in [3.63, 3.8) is 0 Å². The molecule has 0 bridgehead atoms. The second-order valence-corrected chi connectivity index (χ2v) is 5.12. The average Bonchev–Trinajstić information content (AvgIpc) is 3.05. The highest BCUT2D eigenvalue weighted by molar-refractivity contribution is 5.98. The number of rotatable bonds is 5. The number of ether oxygens (including phenoxy) is 1. The number of nitrogens with one attached hydrogen (secondary N) is 2. The maximum atomic E-state index is 12.0. The van der Waals surface area contributed by atoms with Gasteiger partial charge in [0.25, 0.3) is 5.91 Å². The van der Waals surface area contributed by atoms with Crippen molar-refractivity contribution in [2.45, 2.75) is 13.8 Å². The van der Waals surface area contributed by atoms with Crippen molar-refractivity contribution in [2.75, 3.05) is 6.61 Å². The molecule has 0 unspecified atom stereocenters. The highest BCUT2D eigenvalue weighted by atomic mass is 16.5. The molecule has 0 aliphatic rings. The largest absolute Gasteiger partial charge is 0.493 e. The van der Waals surface area contributed by atoms with E-state index in [2.05, 4.69) is 10.9 Å². The van der Waals surface area contributed by atoms with E-state index in [0.717, 1.165) is 0 Å². The lowest BCUT2D eigenvalue weighted by Gasteiger charge is -2.10. The summed E-state index contributed by atoms with van der Waals surface area (Å²) in [4.78, 5) is 23.6. The van der Waals surface area contributed by atoms with Crippen LogP contribution in [0.3, 0.4) is 0 Å². The molecule has 0 radical (unpaired) electrons. The van der Waals surface area contributed by atoms with Gasteiger partial charge in [0.05, 0.1) is 12.9 Å². The van der Waals surface area contributed by atoms with Gasteiger partial charge in [-0.25, -0.2) is 0 Å². The molecule has 0 spiro atoms. The average molecular weight is 302 g/mol. The number of hydrogen-bond acceptors (Lipinski definition) is 4.